The van der Waals surface area contributed by atoms with Crippen LogP contribution in [0.15, 0.2) is 59.2 Å². The minimum Gasteiger partial charge on any atom is -0.339 e. The van der Waals surface area contributed by atoms with Crippen molar-refractivity contribution in [1.82, 2.24) is 15.2 Å². The lowest BCUT2D eigenvalue weighted by Gasteiger charge is -2.22. The number of aromatic nitrogens is 3. The highest BCUT2D eigenvalue weighted by atomic mass is 79.9. The smallest absolute Gasteiger partial charge is 0.252 e. The van der Waals surface area contributed by atoms with E-state index in [0.29, 0.717) is 17.8 Å². The molecule has 1 aliphatic heterocycles. The van der Waals surface area contributed by atoms with Crippen LogP contribution in [0, 0.1) is 0 Å². The topological polar surface area (TPSA) is 53.9 Å². The van der Waals surface area contributed by atoms with Crippen LogP contribution >= 0.6 is 15.9 Å². The second-order valence-corrected chi connectivity index (χ2v) is 6.74. The minimum absolute atomic E-state index is 0.310. The van der Waals surface area contributed by atoms with Crippen LogP contribution in [0.3, 0.4) is 0 Å². The van der Waals surface area contributed by atoms with Gasteiger partial charge in [0.15, 0.2) is 5.82 Å². The predicted octanol–water partition coefficient (Wildman–Crippen LogP) is 4.46. The average molecular weight is 382 g/mol. The van der Waals surface area contributed by atoms with Crippen LogP contribution in [0.4, 0.5) is 23.1 Å². The highest BCUT2D eigenvalue weighted by Gasteiger charge is 2.29. The molecule has 0 spiro atoms. The van der Waals surface area contributed by atoms with Crippen LogP contribution in [-0.4, -0.2) is 21.2 Å². The molecule has 2 heterocycles. The van der Waals surface area contributed by atoms with Crippen molar-refractivity contribution in [3.8, 4) is 0 Å². The predicted molar refractivity (Wildman–Crippen MR) is 99.0 cm³/mol. The third-order valence-corrected chi connectivity index (χ3v) is 4.56. The first-order chi connectivity index (χ1) is 11.7. The molecule has 1 N–H and O–H groups in total. The number of nitrogens with zero attached hydrogens (tertiary/aromatic N) is 4. The number of hydrogen-bond donors (Lipinski definition) is 1. The van der Waals surface area contributed by atoms with Gasteiger partial charge >= 0.3 is 0 Å². The molecule has 4 rings (SSSR count). The maximum absolute atomic E-state index is 4.65. The van der Waals surface area contributed by atoms with E-state index in [9.17, 15) is 0 Å². The summed E-state index contributed by atoms with van der Waals surface area (Å²) in [5, 5.41) is 11.6. The van der Waals surface area contributed by atoms with Gasteiger partial charge in [0, 0.05) is 21.9 Å². The number of rotatable bonds is 3. The molecule has 0 radical (unpaired) electrons. The lowest BCUT2D eigenvalue weighted by molar-refractivity contribution is 0.730. The maximum Gasteiger partial charge on any atom is 0.252 e. The van der Waals surface area contributed by atoms with Crippen LogP contribution in [0.2, 0.25) is 0 Å². The summed E-state index contributed by atoms with van der Waals surface area (Å²) >= 11 is 3.47. The Morgan fingerprint density at radius 1 is 1.17 bits per heavy atom. The Balaban J connectivity index is 1.66. The molecule has 120 valence electrons. The maximum atomic E-state index is 4.65. The minimum atomic E-state index is 0.310. The Labute approximate surface area is 148 Å². The molecule has 0 amide bonds. The van der Waals surface area contributed by atoms with Crippen molar-refractivity contribution in [3.05, 3.63) is 64.8 Å². The van der Waals surface area contributed by atoms with E-state index in [0.717, 1.165) is 22.3 Å². The van der Waals surface area contributed by atoms with Gasteiger partial charge in [0.2, 0.25) is 0 Å². The number of nitrogens with one attached hydrogen (secondary N) is 1. The third-order valence-electron chi connectivity index (χ3n) is 4.07. The van der Waals surface area contributed by atoms with Crippen molar-refractivity contribution in [2.45, 2.75) is 19.4 Å². The zero-order valence-corrected chi connectivity index (χ0v) is 14.7. The average Bonchev–Trinajstić information content (AvgIpc) is 2.91. The normalized spacial score (nSPS) is 16.1. The Morgan fingerprint density at radius 2 is 2.04 bits per heavy atom. The molecule has 0 bridgehead atoms. The molecule has 0 saturated heterocycles. The first-order valence-electron chi connectivity index (χ1n) is 7.80. The van der Waals surface area contributed by atoms with Crippen molar-refractivity contribution in [3.63, 3.8) is 0 Å². The van der Waals surface area contributed by atoms with E-state index in [-0.39, 0.29) is 0 Å². The molecule has 24 heavy (non-hydrogen) atoms. The number of benzene rings is 2. The largest absolute Gasteiger partial charge is 0.339 e. The summed E-state index contributed by atoms with van der Waals surface area (Å²) < 4.78 is 1.01. The van der Waals surface area contributed by atoms with Gasteiger partial charge in [-0.1, -0.05) is 40.2 Å². The molecular weight excluding hydrogens is 366 g/mol. The zero-order valence-electron chi connectivity index (χ0n) is 13.1. The zero-order chi connectivity index (χ0) is 16.5. The Morgan fingerprint density at radius 3 is 2.92 bits per heavy atom. The fourth-order valence-electron chi connectivity index (χ4n) is 3.04. The molecule has 3 aromatic rings. The van der Waals surface area contributed by atoms with Gasteiger partial charge < -0.3 is 10.2 Å². The Hall–Kier alpha value is -2.47. The summed E-state index contributed by atoms with van der Waals surface area (Å²) in [4.78, 5) is 6.80. The van der Waals surface area contributed by atoms with E-state index in [2.05, 4.69) is 66.5 Å². The highest BCUT2D eigenvalue weighted by Crippen LogP contribution is 2.36. The number of anilines is 4. The van der Waals surface area contributed by atoms with Gasteiger partial charge in [0.05, 0.1) is 6.20 Å². The fourth-order valence-corrected chi connectivity index (χ4v) is 3.44. The number of halogens is 1. The van der Waals surface area contributed by atoms with Crippen molar-refractivity contribution < 1.29 is 0 Å². The van der Waals surface area contributed by atoms with Crippen LogP contribution in [-0.2, 0) is 6.42 Å². The van der Waals surface area contributed by atoms with Gasteiger partial charge in [-0.05, 0) is 43.2 Å². The Bertz CT molecular complexity index is 883. The molecule has 6 heteroatoms. The summed E-state index contributed by atoms with van der Waals surface area (Å²) in [7, 11) is 0. The van der Waals surface area contributed by atoms with Gasteiger partial charge in [-0.15, -0.1) is 5.10 Å². The lowest BCUT2D eigenvalue weighted by atomic mass is 10.1. The van der Waals surface area contributed by atoms with Crippen molar-refractivity contribution in [2.75, 3.05) is 10.2 Å². The molecule has 2 aromatic carbocycles. The first kappa shape index (κ1) is 15.1. The Kier molecular flexibility index (Phi) is 3.90. The van der Waals surface area contributed by atoms with Crippen molar-refractivity contribution in [2.24, 2.45) is 0 Å². The molecule has 0 fully saturated rings. The van der Waals surface area contributed by atoms with E-state index in [1.54, 1.807) is 6.20 Å². The van der Waals surface area contributed by atoms with Crippen LogP contribution < -0.4 is 10.2 Å². The van der Waals surface area contributed by atoms with E-state index >= 15 is 0 Å². The SMILES string of the molecule is CC1Cc2ccccc2N1c1nncc(Nc2cccc(Br)c2)n1. The van der Waals surface area contributed by atoms with Gasteiger partial charge in [-0.2, -0.15) is 10.1 Å². The monoisotopic (exact) mass is 381 g/mol. The molecular formula is C18H16BrN5. The first-order valence-corrected chi connectivity index (χ1v) is 8.59. The van der Waals surface area contributed by atoms with Gasteiger partial charge in [0.25, 0.3) is 5.95 Å². The molecule has 1 aliphatic rings. The van der Waals surface area contributed by atoms with Gasteiger partial charge in [-0.3, -0.25) is 0 Å². The summed E-state index contributed by atoms with van der Waals surface area (Å²) in [6, 6.07) is 16.6. The van der Waals surface area contributed by atoms with E-state index in [4.69, 9.17) is 0 Å². The highest BCUT2D eigenvalue weighted by molar-refractivity contribution is 9.10. The van der Waals surface area contributed by atoms with Gasteiger partial charge in [-0.25, -0.2) is 0 Å². The van der Waals surface area contributed by atoms with E-state index < -0.39 is 0 Å². The molecule has 0 saturated carbocycles. The van der Waals surface area contributed by atoms with Crippen LogP contribution in [0.1, 0.15) is 12.5 Å². The number of fused-ring (bicyclic) bond motifs is 1. The lowest BCUT2D eigenvalue weighted by Crippen LogP contribution is -2.26. The summed E-state index contributed by atoms with van der Waals surface area (Å²) in [5.41, 5.74) is 3.43. The van der Waals surface area contributed by atoms with Gasteiger partial charge in [0.1, 0.15) is 0 Å². The summed E-state index contributed by atoms with van der Waals surface area (Å²) in [5.74, 6) is 1.29. The molecule has 1 aromatic heterocycles. The number of hydrogen-bond acceptors (Lipinski definition) is 5. The van der Waals surface area contributed by atoms with Crippen molar-refractivity contribution in [1.29, 1.82) is 0 Å². The molecule has 0 aliphatic carbocycles. The van der Waals surface area contributed by atoms with Crippen LogP contribution in [0.5, 0.6) is 0 Å². The molecule has 1 unspecified atom stereocenters. The second-order valence-electron chi connectivity index (χ2n) is 5.83. The molecule has 1 atom stereocenters. The van der Waals surface area contributed by atoms with E-state index in [1.165, 1.54) is 5.56 Å². The quantitative estimate of drug-likeness (QED) is 0.725. The standard InChI is InChI=1S/C18H16BrN5/c1-12-9-13-5-2-3-8-16(13)24(12)18-22-17(11-20-23-18)21-15-7-4-6-14(19)10-15/h2-8,10-12H,9H2,1H3,(H,21,22,23). The summed E-state index contributed by atoms with van der Waals surface area (Å²) in [6.45, 7) is 2.18. The summed E-state index contributed by atoms with van der Waals surface area (Å²) in [6.07, 6.45) is 2.62. The van der Waals surface area contributed by atoms with Crippen LogP contribution in [0.25, 0.3) is 0 Å². The molecule has 5 nitrogen and oxygen atoms in total. The second kappa shape index (κ2) is 6.20. The third kappa shape index (κ3) is 2.85. The van der Waals surface area contributed by atoms with Crippen molar-refractivity contribution >= 4 is 39.1 Å². The number of para-hydroxylation sites is 1. The van der Waals surface area contributed by atoms with E-state index in [1.807, 2.05) is 30.3 Å². The fraction of sp³-hybridized carbons (Fsp3) is 0.167.